The van der Waals surface area contributed by atoms with E-state index in [-0.39, 0.29) is 0 Å². The fourth-order valence-corrected chi connectivity index (χ4v) is 2.43. The van der Waals surface area contributed by atoms with E-state index in [2.05, 4.69) is 20.5 Å². The maximum Gasteiger partial charge on any atom is 0.304 e. The van der Waals surface area contributed by atoms with Crippen LogP contribution in [0.1, 0.15) is 5.56 Å². The normalized spacial score (nSPS) is 11.0. The van der Waals surface area contributed by atoms with Gasteiger partial charge in [0.1, 0.15) is 6.61 Å². The molecular weight excluding hydrogens is 292 g/mol. The van der Waals surface area contributed by atoms with Crippen LogP contribution in [0.15, 0.2) is 54.6 Å². The molecule has 0 amide bonds. The van der Waals surface area contributed by atoms with Crippen molar-refractivity contribution in [3.63, 3.8) is 0 Å². The van der Waals surface area contributed by atoms with Crippen LogP contribution in [0.3, 0.4) is 0 Å². The molecular formula is C16H14N6O. The molecule has 2 heterocycles. The lowest BCUT2D eigenvalue weighted by molar-refractivity contribution is 0.276. The van der Waals surface area contributed by atoms with Crippen molar-refractivity contribution in [2.24, 2.45) is 7.05 Å². The van der Waals surface area contributed by atoms with Gasteiger partial charge in [0.2, 0.25) is 0 Å². The molecule has 2 aromatic heterocycles. The van der Waals surface area contributed by atoms with Gasteiger partial charge in [0, 0.05) is 7.05 Å². The highest BCUT2D eigenvalue weighted by Gasteiger charge is 2.17. The molecule has 4 aromatic rings. The van der Waals surface area contributed by atoms with Gasteiger partial charge in [-0.05, 0) is 28.1 Å². The molecule has 4 rings (SSSR count). The number of ether oxygens (including phenoxy) is 1. The van der Waals surface area contributed by atoms with Gasteiger partial charge in [-0.1, -0.05) is 47.6 Å². The monoisotopic (exact) mass is 306 g/mol. The quantitative estimate of drug-likeness (QED) is 0.577. The topological polar surface area (TPSA) is 70.7 Å². The van der Waals surface area contributed by atoms with Crippen molar-refractivity contribution in [1.82, 2.24) is 29.8 Å². The number of imidazole rings is 1. The highest BCUT2D eigenvalue weighted by molar-refractivity contribution is 5.78. The summed E-state index contributed by atoms with van der Waals surface area (Å²) in [6.45, 7) is 0.426. The summed E-state index contributed by atoms with van der Waals surface area (Å²) in [6.07, 6.45) is 0. The molecule has 0 N–H and O–H groups in total. The Balaban J connectivity index is 1.78. The molecule has 2 aromatic carbocycles. The summed E-state index contributed by atoms with van der Waals surface area (Å²) in [7, 11) is 1.78. The van der Waals surface area contributed by atoms with Crippen LogP contribution in [0.25, 0.3) is 17.0 Å². The first-order chi connectivity index (χ1) is 11.3. The van der Waals surface area contributed by atoms with E-state index in [0.29, 0.717) is 18.6 Å². The maximum absolute atomic E-state index is 5.93. The van der Waals surface area contributed by atoms with Crippen molar-refractivity contribution in [1.29, 1.82) is 0 Å². The average Bonchev–Trinajstić information content (AvgIpc) is 3.16. The SMILES string of the molecule is Cn1nnnc1-n1c(OCc2ccccc2)nc2ccccc21. The van der Waals surface area contributed by atoms with Gasteiger partial charge in [0.15, 0.2) is 0 Å². The van der Waals surface area contributed by atoms with E-state index in [1.165, 1.54) is 0 Å². The largest absolute Gasteiger partial charge is 0.459 e. The van der Waals surface area contributed by atoms with Crippen molar-refractivity contribution >= 4 is 11.0 Å². The van der Waals surface area contributed by atoms with Crippen LogP contribution >= 0.6 is 0 Å². The predicted molar refractivity (Wildman–Crippen MR) is 84.2 cm³/mol. The number of aromatic nitrogens is 6. The van der Waals surface area contributed by atoms with E-state index in [9.17, 15) is 0 Å². The summed E-state index contributed by atoms with van der Waals surface area (Å²) >= 11 is 0. The van der Waals surface area contributed by atoms with Gasteiger partial charge in [0.05, 0.1) is 11.0 Å². The fraction of sp³-hybridized carbons (Fsp3) is 0.125. The Kier molecular flexibility index (Phi) is 3.23. The van der Waals surface area contributed by atoms with Gasteiger partial charge < -0.3 is 4.74 Å². The Labute approximate surface area is 132 Å². The molecule has 0 atom stereocenters. The number of rotatable bonds is 4. The first-order valence-corrected chi connectivity index (χ1v) is 7.20. The highest BCUT2D eigenvalue weighted by Crippen LogP contribution is 2.25. The molecule has 0 unspecified atom stereocenters. The minimum atomic E-state index is 0.426. The third kappa shape index (κ3) is 2.42. The molecule has 0 aliphatic rings. The molecule has 0 bridgehead atoms. The second-order valence-corrected chi connectivity index (χ2v) is 5.10. The number of hydrogen-bond acceptors (Lipinski definition) is 5. The van der Waals surface area contributed by atoms with Crippen molar-refractivity contribution in [3.8, 4) is 12.0 Å². The Morgan fingerprint density at radius 3 is 2.57 bits per heavy atom. The predicted octanol–water partition coefficient (Wildman–Crippen LogP) is 2.13. The summed E-state index contributed by atoms with van der Waals surface area (Å²) in [5, 5.41) is 11.7. The lowest BCUT2D eigenvalue weighted by Gasteiger charge is -2.08. The number of aryl methyl sites for hydroxylation is 1. The first kappa shape index (κ1) is 13.4. The smallest absolute Gasteiger partial charge is 0.304 e. The molecule has 114 valence electrons. The van der Waals surface area contributed by atoms with E-state index >= 15 is 0 Å². The third-order valence-electron chi connectivity index (χ3n) is 3.54. The Bertz CT molecular complexity index is 944. The van der Waals surface area contributed by atoms with Crippen LogP contribution in [0.5, 0.6) is 6.01 Å². The highest BCUT2D eigenvalue weighted by atomic mass is 16.5. The van der Waals surface area contributed by atoms with Gasteiger partial charge >= 0.3 is 6.01 Å². The maximum atomic E-state index is 5.93. The molecule has 23 heavy (non-hydrogen) atoms. The van der Waals surface area contributed by atoms with E-state index < -0.39 is 0 Å². The molecule has 0 saturated heterocycles. The molecule has 7 nitrogen and oxygen atoms in total. The van der Waals surface area contributed by atoms with Crippen LogP contribution in [-0.4, -0.2) is 29.8 Å². The number of nitrogens with zero attached hydrogens (tertiary/aromatic N) is 6. The van der Waals surface area contributed by atoms with Gasteiger partial charge in [-0.2, -0.15) is 4.98 Å². The molecule has 0 aliphatic carbocycles. The Morgan fingerprint density at radius 1 is 1.00 bits per heavy atom. The zero-order chi connectivity index (χ0) is 15.6. The zero-order valence-electron chi connectivity index (χ0n) is 12.5. The molecule has 0 saturated carbocycles. The average molecular weight is 306 g/mol. The van der Waals surface area contributed by atoms with Gasteiger partial charge in [0.25, 0.3) is 5.95 Å². The summed E-state index contributed by atoms with van der Waals surface area (Å²) in [5.41, 5.74) is 2.80. The van der Waals surface area contributed by atoms with Gasteiger partial charge in [-0.3, -0.25) is 0 Å². The third-order valence-corrected chi connectivity index (χ3v) is 3.54. The second kappa shape index (κ2) is 5.53. The lowest BCUT2D eigenvalue weighted by atomic mass is 10.2. The van der Waals surface area contributed by atoms with Crippen LogP contribution in [0, 0.1) is 0 Å². The van der Waals surface area contributed by atoms with Crippen molar-refractivity contribution in [2.75, 3.05) is 0 Å². The number of tetrazole rings is 1. The van der Waals surface area contributed by atoms with E-state index in [4.69, 9.17) is 4.74 Å². The fourth-order valence-electron chi connectivity index (χ4n) is 2.43. The van der Waals surface area contributed by atoms with Crippen LogP contribution in [-0.2, 0) is 13.7 Å². The van der Waals surface area contributed by atoms with E-state index in [1.54, 1.807) is 11.7 Å². The van der Waals surface area contributed by atoms with Gasteiger partial charge in [-0.25, -0.2) is 9.25 Å². The van der Waals surface area contributed by atoms with Crippen molar-refractivity contribution < 1.29 is 4.74 Å². The first-order valence-electron chi connectivity index (χ1n) is 7.20. The minimum absolute atomic E-state index is 0.426. The van der Waals surface area contributed by atoms with Crippen LogP contribution in [0.2, 0.25) is 0 Å². The second-order valence-electron chi connectivity index (χ2n) is 5.10. The molecule has 0 aliphatic heterocycles. The van der Waals surface area contributed by atoms with Gasteiger partial charge in [-0.15, -0.1) is 0 Å². The van der Waals surface area contributed by atoms with E-state index in [0.717, 1.165) is 16.6 Å². The van der Waals surface area contributed by atoms with Crippen molar-refractivity contribution in [3.05, 3.63) is 60.2 Å². The van der Waals surface area contributed by atoms with E-state index in [1.807, 2.05) is 59.2 Å². The Morgan fingerprint density at radius 2 is 1.78 bits per heavy atom. The Hall–Kier alpha value is -3.22. The molecule has 0 fully saturated rings. The van der Waals surface area contributed by atoms with Crippen molar-refractivity contribution in [2.45, 2.75) is 6.61 Å². The van der Waals surface area contributed by atoms with Crippen LogP contribution < -0.4 is 4.74 Å². The molecule has 7 heteroatoms. The summed E-state index contributed by atoms with van der Waals surface area (Å²) < 4.78 is 9.33. The summed E-state index contributed by atoms with van der Waals surface area (Å²) in [4.78, 5) is 4.56. The zero-order valence-corrected chi connectivity index (χ0v) is 12.5. The molecule has 0 radical (unpaired) electrons. The minimum Gasteiger partial charge on any atom is -0.459 e. The number of fused-ring (bicyclic) bond motifs is 1. The summed E-state index contributed by atoms with van der Waals surface area (Å²) in [5.74, 6) is 0.557. The number of hydrogen-bond donors (Lipinski definition) is 0. The lowest BCUT2D eigenvalue weighted by Crippen LogP contribution is -2.08. The summed E-state index contributed by atoms with van der Waals surface area (Å²) in [6, 6.07) is 18.2. The molecule has 0 spiro atoms. The van der Waals surface area contributed by atoms with Crippen LogP contribution in [0.4, 0.5) is 0 Å². The standard InChI is InChI=1S/C16H14N6O/c1-21-15(18-19-20-21)22-14-10-6-5-9-13(14)17-16(22)23-11-12-7-3-2-4-8-12/h2-10H,11H2,1H3. The number of para-hydroxylation sites is 2. The number of benzene rings is 2.